The van der Waals surface area contributed by atoms with Crippen LogP contribution in [0, 0.1) is 0 Å². The minimum absolute atomic E-state index is 0.162. The van der Waals surface area contributed by atoms with Crippen molar-refractivity contribution >= 4 is 16.9 Å². The Morgan fingerprint density at radius 3 is 2.09 bits per heavy atom. The molecule has 7 heteroatoms. The maximum Gasteiger partial charge on any atom is 0.317 e. The fraction of sp³-hybridized carbons (Fsp3) is 0.423. The number of hydrogen-bond acceptors (Lipinski definition) is 4. The van der Waals surface area contributed by atoms with E-state index in [-0.39, 0.29) is 12.5 Å². The van der Waals surface area contributed by atoms with Crippen LogP contribution in [0.2, 0.25) is 0 Å². The molecule has 1 aliphatic rings. The predicted octanol–water partition coefficient (Wildman–Crippen LogP) is 2.59. The Bertz CT molecular complexity index is 1190. The minimum atomic E-state index is -0.677. The molecular weight excluding hydrogens is 416 g/mol. The molecule has 174 valence electrons. The van der Waals surface area contributed by atoms with Gasteiger partial charge in [0, 0.05) is 6.54 Å². The Morgan fingerprint density at radius 2 is 1.39 bits per heavy atom. The first-order valence-electron chi connectivity index (χ1n) is 11.9. The van der Waals surface area contributed by atoms with E-state index in [2.05, 4.69) is 10.2 Å². The number of nitrogens with zero attached hydrogens (tertiary/aromatic N) is 3. The lowest BCUT2D eigenvalue weighted by atomic mass is 10.2. The first kappa shape index (κ1) is 23.0. The summed E-state index contributed by atoms with van der Waals surface area (Å²) in [6.45, 7) is 3.94. The molecule has 4 rings (SSSR count). The summed E-state index contributed by atoms with van der Waals surface area (Å²) >= 11 is 0. The highest BCUT2D eigenvalue weighted by Crippen LogP contribution is 2.13. The molecule has 1 saturated heterocycles. The Balaban J connectivity index is 1.46. The summed E-state index contributed by atoms with van der Waals surface area (Å²) in [6, 6.07) is 16.8. The van der Waals surface area contributed by atoms with E-state index in [9.17, 15) is 14.4 Å². The van der Waals surface area contributed by atoms with Crippen LogP contribution in [0.25, 0.3) is 11.0 Å². The largest absolute Gasteiger partial charge is 0.355 e. The Kier molecular flexibility index (Phi) is 7.73. The van der Waals surface area contributed by atoms with Crippen molar-refractivity contribution in [1.82, 2.24) is 19.4 Å². The summed E-state index contributed by atoms with van der Waals surface area (Å²) in [4.78, 5) is 41.0. The van der Waals surface area contributed by atoms with Crippen LogP contribution in [0.5, 0.6) is 0 Å². The first-order valence-corrected chi connectivity index (χ1v) is 11.9. The highest BCUT2D eigenvalue weighted by molar-refractivity contribution is 5.80. The van der Waals surface area contributed by atoms with E-state index in [4.69, 9.17) is 0 Å². The lowest BCUT2D eigenvalue weighted by Gasteiger charge is -2.19. The van der Waals surface area contributed by atoms with Crippen LogP contribution in [-0.2, 0) is 17.9 Å². The van der Waals surface area contributed by atoms with E-state index in [1.807, 2.05) is 48.5 Å². The van der Waals surface area contributed by atoms with E-state index in [1.54, 1.807) is 6.07 Å². The molecule has 2 heterocycles. The number of hydrogen-bond donors (Lipinski definition) is 1. The van der Waals surface area contributed by atoms with Gasteiger partial charge in [0.15, 0.2) is 0 Å². The van der Waals surface area contributed by atoms with Crippen LogP contribution in [-0.4, -0.2) is 46.1 Å². The van der Waals surface area contributed by atoms with Crippen molar-refractivity contribution < 1.29 is 4.79 Å². The van der Waals surface area contributed by atoms with E-state index >= 15 is 0 Å². The van der Waals surface area contributed by atoms with Gasteiger partial charge in [-0.3, -0.25) is 23.5 Å². The topological polar surface area (TPSA) is 76.3 Å². The summed E-state index contributed by atoms with van der Waals surface area (Å²) < 4.78 is 2.78. The van der Waals surface area contributed by atoms with E-state index < -0.39 is 11.1 Å². The lowest BCUT2D eigenvalue weighted by molar-refractivity contribution is -0.121. The highest BCUT2D eigenvalue weighted by atomic mass is 16.2. The van der Waals surface area contributed by atoms with Crippen molar-refractivity contribution in [2.45, 2.75) is 45.2 Å². The van der Waals surface area contributed by atoms with Crippen LogP contribution in [0.15, 0.2) is 64.2 Å². The molecule has 3 aromatic rings. The van der Waals surface area contributed by atoms with Crippen molar-refractivity contribution in [3.63, 3.8) is 0 Å². The number of carbonyl (C=O) groups is 1. The van der Waals surface area contributed by atoms with Gasteiger partial charge in [-0.2, -0.15) is 0 Å². The van der Waals surface area contributed by atoms with Gasteiger partial charge in [0.25, 0.3) is 0 Å². The number of benzene rings is 2. The summed E-state index contributed by atoms with van der Waals surface area (Å²) in [5, 5.41) is 2.92. The highest BCUT2D eigenvalue weighted by Gasteiger charge is 2.15. The van der Waals surface area contributed by atoms with Crippen molar-refractivity contribution in [2.24, 2.45) is 0 Å². The van der Waals surface area contributed by atoms with E-state index in [0.717, 1.165) is 31.6 Å². The summed E-state index contributed by atoms with van der Waals surface area (Å²) in [7, 11) is 0. The van der Waals surface area contributed by atoms with Gasteiger partial charge in [-0.05, 0) is 56.6 Å². The molecule has 1 amide bonds. The maximum absolute atomic E-state index is 12.9. The van der Waals surface area contributed by atoms with Gasteiger partial charge in [0.05, 0.1) is 17.6 Å². The lowest BCUT2D eigenvalue weighted by Crippen LogP contribution is -2.44. The van der Waals surface area contributed by atoms with Gasteiger partial charge < -0.3 is 10.2 Å². The smallest absolute Gasteiger partial charge is 0.317 e. The number of carbonyl (C=O) groups excluding carboxylic acids is 1. The molecular formula is C26H32N4O3. The average Bonchev–Trinajstić information content (AvgIpc) is 3.12. The van der Waals surface area contributed by atoms with Crippen LogP contribution in [0.1, 0.15) is 37.7 Å². The van der Waals surface area contributed by atoms with Gasteiger partial charge in [0.1, 0.15) is 6.54 Å². The molecule has 7 nitrogen and oxygen atoms in total. The number of rotatable bonds is 8. The zero-order chi connectivity index (χ0) is 23.0. The Morgan fingerprint density at radius 1 is 0.788 bits per heavy atom. The number of amides is 1. The molecule has 1 aromatic heterocycles. The first-order chi connectivity index (χ1) is 16.1. The van der Waals surface area contributed by atoms with E-state index in [1.165, 1.54) is 34.8 Å². The number of fused-ring (bicyclic) bond motifs is 1. The predicted molar refractivity (Wildman–Crippen MR) is 131 cm³/mol. The molecule has 33 heavy (non-hydrogen) atoms. The summed E-state index contributed by atoms with van der Waals surface area (Å²) in [5.41, 5.74) is 0.859. The molecule has 1 aliphatic heterocycles. The third-order valence-corrected chi connectivity index (χ3v) is 6.29. The summed E-state index contributed by atoms with van der Waals surface area (Å²) in [5.74, 6) is -0.252. The fourth-order valence-corrected chi connectivity index (χ4v) is 4.54. The maximum atomic E-state index is 12.9. The Labute approximate surface area is 193 Å². The number of aromatic nitrogens is 2. The second-order valence-corrected chi connectivity index (χ2v) is 8.72. The van der Waals surface area contributed by atoms with Crippen molar-refractivity contribution in [2.75, 3.05) is 26.2 Å². The molecule has 0 atom stereocenters. The molecule has 2 aromatic carbocycles. The number of likely N-dealkylation sites (tertiary alicyclic amines) is 1. The average molecular weight is 449 g/mol. The monoisotopic (exact) mass is 448 g/mol. The molecule has 0 radical (unpaired) electrons. The molecule has 0 unspecified atom stereocenters. The van der Waals surface area contributed by atoms with Gasteiger partial charge >= 0.3 is 11.1 Å². The molecule has 1 N–H and O–H groups in total. The minimum Gasteiger partial charge on any atom is -0.355 e. The second kappa shape index (κ2) is 11.1. The van der Waals surface area contributed by atoms with Gasteiger partial charge in [0.2, 0.25) is 5.91 Å². The molecule has 0 spiro atoms. The van der Waals surface area contributed by atoms with Crippen LogP contribution in [0.3, 0.4) is 0 Å². The van der Waals surface area contributed by atoms with Crippen molar-refractivity contribution in [3.8, 4) is 0 Å². The van der Waals surface area contributed by atoms with E-state index in [0.29, 0.717) is 24.1 Å². The molecule has 0 bridgehead atoms. The van der Waals surface area contributed by atoms with Gasteiger partial charge in [-0.15, -0.1) is 0 Å². The fourth-order valence-electron chi connectivity index (χ4n) is 4.54. The quantitative estimate of drug-likeness (QED) is 0.425. The SMILES string of the molecule is O=C(Cn1c(=O)c(=O)n(Cc2ccccc2)c2ccccc21)NCCCN1CCCCCC1. The summed E-state index contributed by atoms with van der Waals surface area (Å²) in [6.07, 6.45) is 5.98. The van der Waals surface area contributed by atoms with Gasteiger partial charge in [-0.25, -0.2) is 0 Å². The van der Waals surface area contributed by atoms with Crippen LogP contribution < -0.4 is 16.4 Å². The van der Waals surface area contributed by atoms with Crippen LogP contribution in [0.4, 0.5) is 0 Å². The van der Waals surface area contributed by atoms with Crippen molar-refractivity contribution in [3.05, 3.63) is 80.9 Å². The van der Waals surface area contributed by atoms with Crippen molar-refractivity contribution in [1.29, 1.82) is 0 Å². The zero-order valence-corrected chi connectivity index (χ0v) is 19.0. The molecule has 0 aliphatic carbocycles. The normalized spacial score (nSPS) is 14.8. The molecule has 0 saturated carbocycles. The standard InChI is InChI=1S/C26H32N4O3/c31-24(27-15-10-18-28-16-8-1-2-9-17-28)20-30-23-14-7-6-13-22(23)29(25(32)26(30)33)19-21-11-4-3-5-12-21/h3-7,11-14H,1-2,8-10,15-20H2,(H,27,31). The van der Waals surface area contributed by atoms with Crippen LogP contribution >= 0.6 is 0 Å². The third-order valence-electron chi connectivity index (χ3n) is 6.29. The third kappa shape index (κ3) is 5.79. The van der Waals surface area contributed by atoms with Gasteiger partial charge in [-0.1, -0.05) is 55.3 Å². The Hall–Kier alpha value is -3.19. The molecule has 1 fully saturated rings. The number of para-hydroxylation sites is 2. The zero-order valence-electron chi connectivity index (χ0n) is 19.0. The number of nitrogens with one attached hydrogen (secondary N) is 1. The second-order valence-electron chi connectivity index (χ2n) is 8.72.